The van der Waals surface area contributed by atoms with Gasteiger partial charge in [-0.25, -0.2) is 18.1 Å². The van der Waals surface area contributed by atoms with Gasteiger partial charge in [0.15, 0.2) is 0 Å². The number of aromatic nitrogens is 2. The van der Waals surface area contributed by atoms with Crippen LogP contribution in [-0.2, 0) is 16.6 Å². The Labute approximate surface area is 102 Å². The highest BCUT2D eigenvalue weighted by Crippen LogP contribution is 1.96. The van der Waals surface area contributed by atoms with Crippen LogP contribution >= 0.6 is 0 Å². The molecule has 1 aromatic heterocycles. The molecule has 0 aliphatic carbocycles. The lowest BCUT2D eigenvalue weighted by atomic mass is 10.5. The van der Waals surface area contributed by atoms with Crippen molar-refractivity contribution in [1.29, 1.82) is 0 Å². The second-order valence-electron chi connectivity index (χ2n) is 3.86. The molecule has 0 bridgehead atoms. The number of imidazole rings is 1. The number of nitrogens with one attached hydrogen (secondary N) is 2. The van der Waals surface area contributed by atoms with Crippen LogP contribution < -0.4 is 10.0 Å². The van der Waals surface area contributed by atoms with Crippen LogP contribution in [0.3, 0.4) is 0 Å². The van der Waals surface area contributed by atoms with Crippen LogP contribution in [-0.4, -0.2) is 42.9 Å². The average Bonchev–Trinajstić information content (AvgIpc) is 2.78. The molecular weight excluding hydrogens is 240 g/mol. The predicted molar refractivity (Wildman–Crippen MR) is 67.2 cm³/mol. The molecule has 1 rings (SSSR count). The molecule has 0 saturated carbocycles. The van der Waals surface area contributed by atoms with E-state index >= 15 is 0 Å². The first-order chi connectivity index (χ1) is 8.06. The third-order valence-electron chi connectivity index (χ3n) is 2.44. The Balaban J connectivity index is 2.33. The van der Waals surface area contributed by atoms with Crippen molar-refractivity contribution in [2.75, 3.05) is 19.6 Å². The second-order valence-corrected chi connectivity index (χ2v) is 6.04. The first-order valence-corrected chi connectivity index (χ1v) is 7.26. The topological polar surface area (TPSA) is 76.0 Å². The molecule has 2 N–H and O–H groups in total. The summed E-state index contributed by atoms with van der Waals surface area (Å²) in [5.74, 6) is 0. The van der Waals surface area contributed by atoms with Crippen molar-refractivity contribution in [3.63, 3.8) is 0 Å². The van der Waals surface area contributed by atoms with Crippen molar-refractivity contribution in [3.05, 3.63) is 18.7 Å². The van der Waals surface area contributed by atoms with E-state index in [1.807, 2.05) is 11.5 Å². The van der Waals surface area contributed by atoms with Crippen LogP contribution in [0.1, 0.15) is 13.8 Å². The van der Waals surface area contributed by atoms with Crippen LogP contribution in [0, 0.1) is 0 Å². The highest BCUT2D eigenvalue weighted by atomic mass is 32.2. The summed E-state index contributed by atoms with van der Waals surface area (Å²) in [5, 5.41) is 2.60. The fourth-order valence-electron chi connectivity index (χ4n) is 1.34. The van der Waals surface area contributed by atoms with E-state index in [1.54, 1.807) is 25.6 Å². The van der Waals surface area contributed by atoms with E-state index in [1.165, 1.54) is 0 Å². The van der Waals surface area contributed by atoms with Crippen LogP contribution in [0.25, 0.3) is 0 Å². The smallest absolute Gasteiger partial charge is 0.215 e. The van der Waals surface area contributed by atoms with Crippen LogP contribution in [0.2, 0.25) is 0 Å². The maximum absolute atomic E-state index is 11.8. The minimum Gasteiger partial charge on any atom is -0.336 e. The lowest BCUT2D eigenvalue weighted by Gasteiger charge is -2.14. The summed E-state index contributed by atoms with van der Waals surface area (Å²) in [7, 11) is -3.23. The maximum atomic E-state index is 11.8. The molecule has 98 valence electrons. The monoisotopic (exact) mass is 260 g/mol. The summed E-state index contributed by atoms with van der Waals surface area (Å²) in [5.41, 5.74) is 0. The van der Waals surface area contributed by atoms with Crippen molar-refractivity contribution in [3.8, 4) is 0 Å². The molecule has 1 aromatic rings. The molecule has 1 heterocycles. The molecule has 0 fully saturated rings. The van der Waals surface area contributed by atoms with E-state index in [9.17, 15) is 8.42 Å². The third-order valence-corrected chi connectivity index (χ3v) is 4.28. The van der Waals surface area contributed by atoms with E-state index in [0.29, 0.717) is 19.6 Å². The first-order valence-electron chi connectivity index (χ1n) is 5.71. The molecule has 1 atom stereocenters. The van der Waals surface area contributed by atoms with E-state index in [-0.39, 0.29) is 0 Å². The number of nitrogens with zero attached hydrogens (tertiary/aromatic N) is 2. The molecule has 0 aromatic carbocycles. The van der Waals surface area contributed by atoms with Crippen molar-refractivity contribution < 1.29 is 8.42 Å². The van der Waals surface area contributed by atoms with Crippen LogP contribution in [0.4, 0.5) is 0 Å². The van der Waals surface area contributed by atoms with Gasteiger partial charge >= 0.3 is 0 Å². The Morgan fingerprint density at radius 2 is 2.24 bits per heavy atom. The van der Waals surface area contributed by atoms with Gasteiger partial charge in [0.05, 0.1) is 11.6 Å². The number of hydrogen-bond donors (Lipinski definition) is 2. The van der Waals surface area contributed by atoms with E-state index in [2.05, 4.69) is 15.0 Å². The molecule has 0 aliphatic heterocycles. The maximum Gasteiger partial charge on any atom is 0.215 e. The molecule has 7 heteroatoms. The van der Waals surface area contributed by atoms with Gasteiger partial charge in [-0.05, 0) is 13.5 Å². The molecule has 0 radical (unpaired) electrons. The quantitative estimate of drug-likeness (QED) is 0.679. The summed E-state index contributed by atoms with van der Waals surface area (Å²) >= 11 is 0. The Morgan fingerprint density at radius 1 is 1.47 bits per heavy atom. The second kappa shape index (κ2) is 6.73. The average molecular weight is 260 g/mol. The van der Waals surface area contributed by atoms with Crippen molar-refractivity contribution in [1.82, 2.24) is 19.6 Å². The molecule has 0 aliphatic rings. The predicted octanol–water partition coefficient (Wildman–Crippen LogP) is -0.199. The lowest BCUT2D eigenvalue weighted by molar-refractivity contribution is 0.553. The van der Waals surface area contributed by atoms with Gasteiger partial charge in [0.1, 0.15) is 0 Å². The standard InChI is InChI=1S/C10H20N4O2S/c1-3-11-8-10(2)17(15,16)13-5-7-14-6-4-12-9-14/h4,6,9-11,13H,3,5,7-8H2,1-2H3. The van der Waals surface area contributed by atoms with Gasteiger partial charge in [-0.3, -0.25) is 0 Å². The molecule has 0 saturated heterocycles. The fraction of sp³-hybridized carbons (Fsp3) is 0.700. The molecule has 0 amide bonds. The van der Waals surface area contributed by atoms with Crippen molar-refractivity contribution >= 4 is 10.0 Å². The zero-order valence-electron chi connectivity index (χ0n) is 10.3. The normalized spacial score (nSPS) is 13.8. The summed E-state index contributed by atoms with van der Waals surface area (Å²) < 4.78 is 28.0. The molecule has 17 heavy (non-hydrogen) atoms. The van der Waals surface area contributed by atoms with Gasteiger partial charge in [-0.2, -0.15) is 0 Å². The highest BCUT2D eigenvalue weighted by Gasteiger charge is 2.18. The van der Waals surface area contributed by atoms with Gasteiger partial charge < -0.3 is 9.88 Å². The SMILES string of the molecule is CCNCC(C)S(=O)(=O)NCCn1ccnc1. The molecular formula is C10H20N4O2S. The van der Waals surface area contributed by atoms with Crippen LogP contribution in [0.15, 0.2) is 18.7 Å². The minimum atomic E-state index is -3.23. The van der Waals surface area contributed by atoms with E-state index in [0.717, 1.165) is 6.54 Å². The van der Waals surface area contributed by atoms with Crippen molar-refractivity contribution in [2.45, 2.75) is 25.6 Å². The lowest BCUT2D eigenvalue weighted by Crippen LogP contribution is -2.40. The molecule has 0 spiro atoms. The number of sulfonamides is 1. The number of rotatable bonds is 8. The Morgan fingerprint density at radius 3 is 2.82 bits per heavy atom. The summed E-state index contributed by atoms with van der Waals surface area (Å²) in [6.07, 6.45) is 5.13. The number of hydrogen-bond acceptors (Lipinski definition) is 4. The Bertz CT molecular complexity index is 402. The highest BCUT2D eigenvalue weighted by molar-refractivity contribution is 7.90. The minimum absolute atomic E-state index is 0.384. The van der Waals surface area contributed by atoms with E-state index < -0.39 is 15.3 Å². The van der Waals surface area contributed by atoms with Gasteiger partial charge in [0, 0.05) is 32.0 Å². The zero-order chi connectivity index (χ0) is 12.7. The van der Waals surface area contributed by atoms with Gasteiger partial charge in [0.2, 0.25) is 10.0 Å². The molecule has 6 nitrogen and oxygen atoms in total. The fourth-order valence-corrected chi connectivity index (χ4v) is 2.33. The van der Waals surface area contributed by atoms with E-state index in [4.69, 9.17) is 0 Å². The first kappa shape index (κ1) is 14.1. The summed E-state index contributed by atoms with van der Waals surface area (Å²) in [4.78, 5) is 3.89. The van der Waals surface area contributed by atoms with Gasteiger partial charge in [-0.15, -0.1) is 0 Å². The Kier molecular flexibility index (Phi) is 5.60. The van der Waals surface area contributed by atoms with Crippen LogP contribution in [0.5, 0.6) is 0 Å². The zero-order valence-corrected chi connectivity index (χ0v) is 11.1. The van der Waals surface area contributed by atoms with Gasteiger partial charge in [0.25, 0.3) is 0 Å². The molecule has 1 unspecified atom stereocenters. The Hall–Kier alpha value is -0.920. The summed E-state index contributed by atoms with van der Waals surface area (Å²) in [6, 6.07) is 0. The summed E-state index contributed by atoms with van der Waals surface area (Å²) in [6.45, 7) is 5.86. The third kappa shape index (κ3) is 4.84. The van der Waals surface area contributed by atoms with Gasteiger partial charge in [-0.1, -0.05) is 6.92 Å². The van der Waals surface area contributed by atoms with Crippen molar-refractivity contribution in [2.24, 2.45) is 0 Å². The largest absolute Gasteiger partial charge is 0.336 e.